The zero-order valence-corrected chi connectivity index (χ0v) is 19.5. The minimum absolute atomic E-state index is 0.325. The van der Waals surface area contributed by atoms with Crippen molar-refractivity contribution in [2.45, 2.75) is 25.4 Å². The summed E-state index contributed by atoms with van der Waals surface area (Å²) in [5, 5.41) is 8.45. The van der Waals surface area contributed by atoms with Crippen LogP contribution in [0.5, 0.6) is 0 Å². The van der Waals surface area contributed by atoms with Gasteiger partial charge in [-0.2, -0.15) is 0 Å². The second-order valence-corrected chi connectivity index (χ2v) is 9.50. The van der Waals surface area contributed by atoms with Gasteiger partial charge in [0.1, 0.15) is 17.9 Å². The van der Waals surface area contributed by atoms with Crippen LogP contribution in [0.25, 0.3) is 11.0 Å². The number of carbonyl (C=O) groups is 3. The first-order valence-corrected chi connectivity index (χ1v) is 11.8. The van der Waals surface area contributed by atoms with Gasteiger partial charge in [0.2, 0.25) is 5.91 Å². The lowest BCUT2D eigenvalue weighted by Crippen LogP contribution is -2.43. The maximum absolute atomic E-state index is 13.3. The fraction of sp³-hybridized carbons (Fsp3) is 0.192. The molecule has 0 saturated carbocycles. The van der Waals surface area contributed by atoms with Gasteiger partial charge in [-0.05, 0) is 43.0 Å². The molecule has 0 bridgehead atoms. The molecule has 0 radical (unpaired) electrons. The molecule has 5 rings (SSSR count). The van der Waals surface area contributed by atoms with Crippen LogP contribution < -0.4 is 10.6 Å². The summed E-state index contributed by atoms with van der Waals surface area (Å²) in [5.41, 5.74) is 1.27. The largest absolute Gasteiger partial charge is 0.458 e. The molecule has 7 nitrogen and oxygen atoms in total. The van der Waals surface area contributed by atoms with Gasteiger partial charge < -0.3 is 15.1 Å². The topological polar surface area (TPSA) is 91.7 Å². The molecule has 8 heteroatoms. The van der Waals surface area contributed by atoms with Crippen LogP contribution >= 0.6 is 11.3 Å². The first kappa shape index (κ1) is 21.9. The number of thiophene rings is 1. The molecule has 0 spiro atoms. The maximum atomic E-state index is 13.3. The van der Waals surface area contributed by atoms with E-state index in [0.29, 0.717) is 11.3 Å². The minimum Gasteiger partial charge on any atom is -0.458 e. The highest BCUT2D eigenvalue weighted by molar-refractivity contribution is 7.10. The fourth-order valence-electron chi connectivity index (χ4n) is 4.12. The average Bonchev–Trinajstić information content (AvgIpc) is 3.55. The number of rotatable bonds is 6. The van der Waals surface area contributed by atoms with Gasteiger partial charge in [0.15, 0.2) is 5.54 Å². The predicted molar refractivity (Wildman–Crippen MR) is 129 cm³/mol. The normalized spacial score (nSPS) is 18.8. The Morgan fingerprint density at radius 2 is 1.88 bits per heavy atom. The van der Waals surface area contributed by atoms with Gasteiger partial charge >= 0.3 is 6.03 Å². The van der Waals surface area contributed by atoms with Crippen LogP contribution in [0, 0.1) is 6.92 Å². The van der Waals surface area contributed by atoms with E-state index in [9.17, 15) is 14.4 Å². The third kappa shape index (κ3) is 3.86. The number of nitrogens with one attached hydrogen (secondary N) is 2. The smallest absolute Gasteiger partial charge is 0.325 e. The Hall–Kier alpha value is -3.91. The van der Waals surface area contributed by atoms with Crippen LogP contribution in [0.2, 0.25) is 0 Å². The number of imide groups is 1. The Balaban J connectivity index is 1.36. The number of nitrogens with zero attached hydrogens (tertiary/aromatic N) is 1. The molecule has 0 aliphatic carbocycles. The summed E-state index contributed by atoms with van der Waals surface area (Å²) in [5.74, 6) is -0.642. The van der Waals surface area contributed by atoms with Crippen molar-refractivity contribution >= 4 is 40.2 Å². The average molecular weight is 474 g/mol. The highest BCUT2D eigenvalue weighted by atomic mass is 32.1. The van der Waals surface area contributed by atoms with Gasteiger partial charge in [0.05, 0.1) is 6.04 Å². The second-order valence-electron chi connectivity index (χ2n) is 8.52. The minimum atomic E-state index is -1.39. The summed E-state index contributed by atoms with van der Waals surface area (Å²) in [6.45, 7) is 3.19. The standard InChI is InChI=1S/C26H23N3O4S/c1-16-9-11-17(12-10-16)23(20-8-5-13-34-20)27-22(30)15-29-24(31)26(2,28-25(29)32)21-14-18-6-3-4-7-19(18)33-21/h3-14,23H,15H2,1-2H3,(H,27,30)(H,28,32)/t23-,26-/m1/s1. The second kappa shape index (κ2) is 8.46. The zero-order valence-electron chi connectivity index (χ0n) is 18.7. The molecule has 172 valence electrons. The first-order valence-electron chi connectivity index (χ1n) is 10.9. The highest BCUT2D eigenvalue weighted by Gasteiger charge is 2.51. The van der Waals surface area contributed by atoms with Crippen molar-refractivity contribution in [1.82, 2.24) is 15.5 Å². The Morgan fingerprint density at radius 3 is 2.59 bits per heavy atom. The van der Waals surface area contributed by atoms with Crippen molar-refractivity contribution in [2.75, 3.05) is 6.54 Å². The van der Waals surface area contributed by atoms with E-state index in [2.05, 4.69) is 10.6 Å². The number of aryl methyl sites for hydroxylation is 1. The molecule has 4 aromatic rings. The van der Waals surface area contributed by atoms with Gasteiger partial charge in [-0.15, -0.1) is 11.3 Å². The monoisotopic (exact) mass is 473 g/mol. The van der Waals surface area contributed by atoms with E-state index in [1.54, 1.807) is 19.1 Å². The maximum Gasteiger partial charge on any atom is 0.325 e. The lowest BCUT2D eigenvalue weighted by Gasteiger charge is -2.21. The van der Waals surface area contributed by atoms with Gasteiger partial charge in [-0.3, -0.25) is 14.5 Å². The number of hydrogen-bond acceptors (Lipinski definition) is 5. The Bertz CT molecular complexity index is 1340. The summed E-state index contributed by atoms with van der Waals surface area (Å²) in [6.07, 6.45) is 0. The molecule has 0 unspecified atom stereocenters. The molecule has 2 aromatic carbocycles. The molecular weight excluding hydrogens is 450 g/mol. The summed E-state index contributed by atoms with van der Waals surface area (Å²) in [7, 11) is 0. The number of para-hydroxylation sites is 1. The van der Waals surface area contributed by atoms with Gasteiger partial charge in [-0.1, -0.05) is 54.1 Å². The number of carbonyl (C=O) groups excluding carboxylic acids is 3. The number of benzene rings is 2. The van der Waals surface area contributed by atoms with Crippen LogP contribution in [0.3, 0.4) is 0 Å². The van der Waals surface area contributed by atoms with E-state index in [1.807, 2.05) is 66.9 Å². The summed E-state index contributed by atoms with van der Waals surface area (Å²) in [4.78, 5) is 40.9. The van der Waals surface area contributed by atoms with E-state index in [1.165, 1.54) is 11.3 Å². The first-order chi connectivity index (χ1) is 16.3. The van der Waals surface area contributed by atoms with Crippen molar-refractivity contribution in [1.29, 1.82) is 0 Å². The predicted octanol–water partition coefficient (Wildman–Crippen LogP) is 4.48. The molecule has 2 aromatic heterocycles. The van der Waals surface area contributed by atoms with E-state index >= 15 is 0 Å². The third-order valence-corrected chi connectivity index (χ3v) is 6.98. The quantitative estimate of drug-likeness (QED) is 0.404. The number of fused-ring (bicyclic) bond motifs is 1. The third-order valence-electron chi connectivity index (χ3n) is 6.04. The van der Waals surface area contributed by atoms with Crippen molar-refractivity contribution in [3.63, 3.8) is 0 Å². The van der Waals surface area contributed by atoms with E-state index in [0.717, 1.165) is 26.3 Å². The number of urea groups is 1. The van der Waals surface area contributed by atoms with Crippen molar-refractivity contribution in [3.05, 3.63) is 93.9 Å². The molecule has 2 atom stereocenters. The van der Waals surface area contributed by atoms with E-state index in [4.69, 9.17) is 4.42 Å². The van der Waals surface area contributed by atoms with Crippen molar-refractivity contribution in [2.24, 2.45) is 0 Å². The Morgan fingerprint density at radius 1 is 1.12 bits per heavy atom. The fourth-order valence-corrected chi connectivity index (χ4v) is 4.92. The SMILES string of the molecule is Cc1ccc([C@@H](NC(=O)CN2C(=O)N[C@](C)(c3cc4ccccc4o3)C2=O)c2cccs2)cc1. The molecule has 1 aliphatic heterocycles. The van der Waals surface area contributed by atoms with Crippen molar-refractivity contribution < 1.29 is 18.8 Å². The van der Waals surface area contributed by atoms with Crippen LogP contribution in [-0.4, -0.2) is 29.3 Å². The number of furan rings is 1. The van der Waals surface area contributed by atoms with Crippen LogP contribution in [0.1, 0.15) is 34.7 Å². The summed E-state index contributed by atoms with van der Waals surface area (Å²) >= 11 is 1.53. The van der Waals surface area contributed by atoms with Gasteiger partial charge in [0.25, 0.3) is 5.91 Å². The molecular formula is C26H23N3O4S. The number of hydrogen-bond donors (Lipinski definition) is 2. The molecule has 1 saturated heterocycles. The van der Waals surface area contributed by atoms with Crippen LogP contribution in [-0.2, 0) is 15.1 Å². The highest BCUT2D eigenvalue weighted by Crippen LogP contribution is 2.33. The van der Waals surface area contributed by atoms with Crippen LogP contribution in [0.4, 0.5) is 4.79 Å². The Labute approximate surface area is 200 Å². The van der Waals surface area contributed by atoms with E-state index in [-0.39, 0.29) is 6.04 Å². The lowest BCUT2D eigenvalue weighted by molar-refractivity contribution is -0.135. The van der Waals surface area contributed by atoms with Crippen molar-refractivity contribution in [3.8, 4) is 0 Å². The molecule has 4 amide bonds. The molecule has 1 aliphatic rings. The Kier molecular flexibility index (Phi) is 5.45. The summed E-state index contributed by atoms with van der Waals surface area (Å²) < 4.78 is 5.85. The molecule has 34 heavy (non-hydrogen) atoms. The van der Waals surface area contributed by atoms with Gasteiger partial charge in [0, 0.05) is 10.3 Å². The molecule has 3 heterocycles. The number of amides is 4. The molecule has 2 N–H and O–H groups in total. The molecule has 1 fully saturated rings. The van der Waals surface area contributed by atoms with Gasteiger partial charge in [-0.25, -0.2) is 4.79 Å². The zero-order chi connectivity index (χ0) is 23.9. The van der Waals surface area contributed by atoms with E-state index < -0.39 is 29.9 Å². The summed E-state index contributed by atoms with van der Waals surface area (Å²) in [6, 6.07) is 19.9. The van der Waals surface area contributed by atoms with Crippen LogP contribution in [0.15, 0.2) is 76.5 Å². The lowest BCUT2D eigenvalue weighted by atomic mass is 9.99.